The molecule has 0 aliphatic rings. The summed E-state index contributed by atoms with van der Waals surface area (Å²) in [6.07, 6.45) is 0. The summed E-state index contributed by atoms with van der Waals surface area (Å²) in [4.78, 5) is 10.4. The Hall–Kier alpha value is -2.07. The van der Waals surface area contributed by atoms with Gasteiger partial charge in [-0.25, -0.2) is 0 Å². The van der Waals surface area contributed by atoms with Crippen LogP contribution in [0.3, 0.4) is 0 Å². The summed E-state index contributed by atoms with van der Waals surface area (Å²) >= 11 is 6.07. The molecule has 0 radical (unpaired) electrons. The molecule has 0 spiro atoms. The molecule has 2 aromatic carbocycles. The molecule has 0 fully saturated rings. The first-order valence-corrected chi connectivity index (χ1v) is 7.01. The van der Waals surface area contributed by atoms with Gasteiger partial charge in [0, 0.05) is 22.7 Å². The molecule has 0 N–H and O–H groups in total. The van der Waals surface area contributed by atoms with E-state index in [1.807, 2.05) is 24.3 Å². The molecule has 0 amide bonds. The fourth-order valence-electron chi connectivity index (χ4n) is 2.03. The molecular weight excluding hydrogens is 290 g/mol. The first-order valence-electron chi connectivity index (χ1n) is 6.63. The highest BCUT2D eigenvalue weighted by atomic mass is 35.5. The Bertz CT molecular complexity index is 656. The van der Waals surface area contributed by atoms with Crippen molar-refractivity contribution in [1.82, 2.24) is 0 Å². The third-order valence-corrected chi connectivity index (χ3v) is 3.53. The van der Waals surface area contributed by atoms with E-state index < -0.39 is 4.92 Å². The van der Waals surface area contributed by atoms with Gasteiger partial charge in [-0.3, -0.25) is 10.1 Å². The van der Waals surface area contributed by atoms with Gasteiger partial charge in [0.15, 0.2) is 0 Å². The van der Waals surface area contributed by atoms with Crippen LogP contribution in [0.1, 0.15) is 30.9 Å². The van der Waals surface area contributed by atoms with E-state index in [0.717, 1.165) is 11.3 Å². The summed E-state index contributed by atoms with van der Waals surface area (Å²) in [5.41, 5.74) is 1.71. The quantitative estimate of drug-likeness (QED) is 0.580. The van der Waals surface area contributed by atoms with Crippen molar-refractivity contribution in [1.29, 1.82) is 0 Å². The van der Waals surface area contributed by atoms with E-state index in [4.69, 9.17) is 16.3 Å². The molecule has 21 heavy (non-hydrogen) atoms. The lowest BCUT2D eigenvalue weighted by Crippen LogP contribution is -2.01. The zero-order valence-corrected chi connectivity index (χ0v) is 12.6. The molecular formula is C16H16ClNO3. The van der Waals surface area contributed by atoms with Crippen LogP contribution in [-0.2, 0) is 6.61 Å². The number of nitrogens with zero attached hydrogens (tertiary/aromatic N) is 1. The summed E-state index contributed by atoms with van der Waals surface area (Å²) in [5, 5.41) is 11.3. The van der Waals surface area contributed by atoms with Crippen molar-refractivity contribution in [3.8, 4) is 5.75 Å². The zero-order valence-electron chi connectivity index (χ0n) is 11.9. The van der Waals surface area contributed by atoms with Gasteiger partial charge in [-0.05, 0) is 23.6 Å². The van der Waals surface area contributed by atoms with Crippen molar-refractivity contribution < 1.29 is 9.66 Å². The number of nitro groups is 1. The van der Waals surface area contributed by atoms with Crippen LogP contribution in [0.4, 0.5) is 5.69 Å². The van der Waals surface area contributed by atoms with Gasteiger partial charge in [0.05, 0.1) is 4.92 Å². The van der Waals surface area contributed by atoms with E-state index in [2.05, 4.69) is 13.8 Å². The number of non-ortho nitro benzene ring substituents is 1. The van der Waals surface area contributed by atoms with Gasteiger partial charge in [-0.15, -0.1) is 0 Å². The summed E-state index contributed by atoms with van der Waals surface area (Å²) in [5.74, 6) is 1.11. The third kappa shape index (κ3) is 3.73. The molecule has 0 heterocycles. The average Bonchev–Trinajstić information content (AvgIpc) is 2.46. The molecule has 0 saturated carbocycles. The molecule has 2 rings (SSSR count). The first-order chi connectivity index (χ1) is 9.99. The monoisotopic (exact) mass is 305 g/mol. The predicted molar refractivity (Wildman–Crippen MR) is 83.0 cm³/mol. The SMILES string of the molecule is CC(C)c1ccccc1OCc1cc([N+](=O)[O-])ccc1Cl. The van der Waals surface area contributed by atoms with E-state index in [0.29, 0.717) is 16.5 Å². The van der Waals surface area contributed by atoms with Crippen molar-refractivity contribution >= 4 is 17.3 Å². The van der Waals surface area contributed by atoms with Gasteiger partial charge in [0.1, 0.15) is 12.4 Å². The number of rotatable bonds is 5. The lowest BCUT2D eigenvalue weighted by molar-refractivity contribution is -0.384. The van der Waals surface area contributed by atoms with E-state index in [1.54, 1.807) is 0 Å². The number of benzene rings is 2. The maximum Gasteiger partial charge on any atom is 0.269 e. The molecule has 4 nitrogen and oxygen atoms in total. The Labute approximate surface area is 128 Å². The minimum absolute atomic E-state index is 0.00939. The minimum atomic E-state index is -0.443. The van der Waals surface area contributed by atoms with Crippen LogP contribution in [0.25, 0.3) is 0 Å². The summed E-state index contributed by atoms with van der Waals surface area (Å²) in [6, 6.07) is 12.1. The predicted octanol–water partition coefficient (Wildman–Crippen LogP) is 4.95. The molecule has 0 unspecified atom stereocenters. The van der Waals surface area contributed by atoms with Crippen molar-refractivity contribution in [2.45, 2.75) is 26.4 Å². The highest BCUT2D eigenvalue weighted by Gasteiger charge is 2.12. The number of hydrogen-bond donors (Lipinski definition) is 0. The molecule has 0 aliphatic carbocycles. The van der Waals surface area contributed by atoms with Crippen LogP contribution in [0.15, 0.2) is 42.5 Å². The van der Waals surface area contributed by atoms with E-state index in [-0.39, 0.29) is 12.3 Å². The van der Waals surface area contributed by atoms with Crippen LogP contribution in [-0.4, -0.2) is 4.92 Å². The van der Waals surface area contributed by atoms with Crippen LogP contribution in [0.2, 0.25) is 5.02 Å². The number of para-hydroxylation sites is 1. The summed E-state index contributed by atoms with van der Waals surface area (Å²) < 4.78 is 5.79. The van der Waals surface area contributed by atoms with Gasteiger partial charge in [0.2, 0.25) is 0 Å². The Kier molecular flexibility index (Phi) is 4.81. The van der Waals surface area contributed by atoms with Crippen molar-refractivity contribution in [2.75, 3.05) is 0 Å². The topological polar surface area (TPSA) is 52.4 Å². The summed E-state index contributed by atoms with van der Waals surface area (Å²) in [6.45, 7) is 4.37. The van der Waals surface area contributed by atoms with Crippen molar-refractivity contribution in [2.24, 2.45) is 0 Å². The van der Waals surface area contributed by atoms with Crippen molar-refractivity contribution in [3.05, 3.63) is 68.7 Å². The minimum Gasteiger partial charge on any atom is -0.489 e. The van der Waals surface area contributed by atoms with Gasteiger partial charge in [-0.1, -0.05) is 43.6 Å². The Morgan fingerprint density at radius 3 is 2.62 bits per heavy atom. The highest BCUT2D eigenvalue weighted by molar-refractivity contribution is 6.31. The molecule has 110 valence electrons. The van der Waals surface area contributed by atoms with E-state index in [1.165, 1.54) is 18.2 Å². The van der Waals surface area contributed by atoms with E-state index >= 15 is 0 Å². The van der Waals surface area contributed by atoms with Crippen LogP contribution in [0.5, 0.6) is 5.75 Å². The second-order valence-electron chi connectivity index (χ2n) is 5.01. The zero-order chi connectivity index (χ0) is 15.4. The number of halogens is 1. The molecule has 0 bridgehead atoms. The maximum atomic E-state index is 10.8. The highest BCUT2D eigenvalue weighted by Crippen LogP contribution is 2.28. The fraction of sp³-hybridized carbons (Fsp3) is 0.250. The Morgan fingerprint density at radius 2 is 1.95 bits per heavy atom. The van der Waals surface area contributed by atoms with Crippen LogP contribution >= 0.6 is 11.6 Å². The fourth-order valence-corrected chi connectivity index (χ4v) is 2.20. The summed E-state index contributed by atoms with van der Waals surface area (Å²) in [7, 11) is 0. The molecule has 0 atom stereocenters. The molecule has 2 aromatic rings. The van der Waals surface area contributed by atoms with Crippen LogP contribution in [0, 0.1) is 10.1 Å². The number of hydrogen-bond acceptors (Lipinski definition) is 3. The lowest BCUT2D eigenvalue weighted by atomic mass is 10.0. The first kappa shape index (κ1) is 15.3. The Morgan fingerprint density at radius 1 is 1.24 bits per heavy atom. The molecule has 0 saturated heterocycles. The van der Waals surface area contributed by atoms with Gasteiger partial charge in [0.25, 0.3) is 5.69 Å². The van der Waals surface area contributed by atoms with Crippen LogP contribution < -0.4 is 4.74 Å². The standard InChI is InChI=1S/C16H16ClNO3/c1-11(2)14-5-3-4-6-16(14)21-10-12-9-13(18(19)20)7-8-15(12)17/h3-9,11H,10H2,1-2H3. The second kappa shape index (κ2) is 6.59. The lowest BCUT2D eigenvalue weighted by Gasteiger charge is -2.14. The van der Waals surface area contributed by atoms with Gasteiger partial charge < -0.3 is 4.74 Å². The molecule has 0 aliphatic heterocycles. The molecule has 5 heteroatoms. The van der Waals surface area contributed by atoms with Gasteiger partial charge in [-0.2, -0.15) is 0 Å². The maximum absolute atomic E-state index is 10.8. The largest absolute Gasteiger partial charge is 0.489 e. The average molecular weight is 306 g/mol. The number of nitro benzene ring substituents is 1. The normalized spacial score (nSPS) is 10.7. The van der Waals surface area contributed by atoms with Crippen molar-refractivity contribution in [3.63, 3.8) is 0 Å². The third-order valence-electron chi connectivity index (χ3n) is 3.16. The number of ether oxygens (including phenoxy) is 1. The Balaban J connectivity index is 2.20. The van der Waals surface area contributed by atoms with Gasteiger partial charge >= 0.3 is 0 Å². The molecule has 0 aromatic heterocycles. The smallest absolute Gasteiger partial charge is 0.269 e. The second-order valence-corrected chi connectivity index (χ2v) is 5.42. The van der Waals surface area contributed by atoms with E-state index in [9.17, 15) is 10.1 Å².